The highest BCUT2D eigenvalue weighted by Crippen LogP contribution is 2.64. The van der Waals surface area contributed by atoms with Crippen LogP contribution in [0.1, 0.15) is 30.7 Å². The molecule has 1 aliphatic carbocycles. The molecule has 1 aromatic rings. The highest BCUT2D eigenvalue weighted by atomic mass is 19.4. The van der Waals surface area contributed by atoms with Gasteiger partial charge in [0.2, 0.25) is 0 Å². The van der Waals surface area contributed by atoms with Crippen molar-refractivity contribution in [2.45, 2.75) is 31.4 Å². The van der Waals surface area contributed by atoms with Crippen LogP contribution in [0.25, 0.3) is 0 Å². The van der Waals surface area contributed by atoms with Crippen LogP contribution >= 0.6 is 0 Å². The molecule has 3 rings (SSSR count). The van der Waals surface area contributed by atoms with Crippen molar-refractivity contribution in [3.63, 3.8) is 0 Å². The quantitative estimate of drug-likeness (QED) is 0.774. The Hall–Kier alpha value is -1.52. The van der Waals surface area contributed by atoms with Gasteiger partial charge in [0.25, 0.3) is 0 Å². The van der Waals surface area contributed by atoms with Crippen molar-refractivity contribution >= 4 is 5.91 Å². The molecule has 0 aromatic heterocycles. The molecular formula is C15H16F3NO. The van der Waals surface area contributed by atoms with E-state index in [0.717, 1.165) is 11.3 Å². The van der Waals surface area contributed by atoms with Gasteiger partial charge in [-0.15, -0.1) is 0 Å². The van der Waals surface area contributed by atoms with E-state index in [0.29, 0.717) is 18.8 Å². The summed E-state index contributed by atoms with van der Waals surface area (Å²) in [6, 6.07) is 10.1. The third-order valence-electron chi connectivity index (χ3n) is 4.68. The first-order chi connectivity index (χ1) is 9.42. The second-order valence-corrected chi connectivity index (χ2v) is 5.82. The number of alkyl halides is 3. The summed E-state index contributed by atoms with van der Waals surface area (Å²) < 4.78 is 37.2. The minimum atomic E-state index is -4.74. The second-order valence-electron chi connectivity index (χ2n) is 5.82. The van der Waals surface area contributed by atoms with Gasteiger partial charge in [-0.1, -0.05) is 30.3 Å². The van der Waals surface area contributed by atoms with E-state index in [9.17, 15) is 18.0 Å². The van der Waals surface area contributed by atoms with Crippen LogP contribution in [0.15, 0.2) is 30.3 Å². The van der Waals surface area contributed by atoms with Gasteiger partial charge in [0.15, 0.2) is 0 Å². The number of rotatable bonds is 1. The van der Waals surface area contributed by atoms with Crippen LogP contribution in [0.2, 0.25) is 0 Å². The minimum Gasteiger partial charge on any atom is -0.335 e. The van der Waals surface area contributed by atoms with Gasteiger partial charge in [0, 0.05) is 13.1 Å². The summed E-state index contributed by atoms with van der Waals surface area (Å²) in [5, 5.41) is 0. The summed E-state index contributed by atoms with van der Waals surface area (Å²) in [5.74, 6) is -1.24. The third kappa shape index (κ3) is 2.30. The summed E-state index contributed by atoms with van der Waals surface area (Å²) in [4.78, 5) is 12.2. The molecule has 2 fully saturated rings. The van der Waals surface area contributed by atoms with E-state index in [1.807, 2.05) is 18.2 Å². The molecule has 1 heterocycles. The molecule has 5 heteroatoms. The second kappa shape index (κ2) is 4.50. The molecule has 0 N–H and O–H groups in total. The van der Waals surface area contributed by atoms with Crippen molar-refractivity contribution < 1.29 is 18.0 Å². The van der Waals surface area contributed by atoms with Crippen LogP contribution in [-0.4, -0.2) is 30.1 Å². The molecule has 2 nitrogen and oxygen atoms in total. The molecule has 1 spiro atoms. The van der Waals surface area contributed by atoms with Crippen LogP contribution in [-0.2, 0) is 4.79 Å². The molecule has 0 bridgehead atoms. The van der Waals surface area contributed by atoms with Crippen LogP contribution < -0.4 is 0 Å². The normalized spacial score (nSPS) is 24.8. The molecule has 2 aliphatic rings. The van der Waals surface area contributed by atoms with Crippen LogP contribution in [0.5, 0.6) is 0 Å². The largest absolute Gasteiger partial charge is 0.471 e. The smallest absolute Gasteiger partial charge is 0.335 e. The van der Waals surface area contributed by atoms with E-state index in [4.69, 9.17) is 0 Å². The molecule has 1 atom stereocenters. The van der Waals surface area contributed by atoms with Gasteiger partial charge in [-0.2, -0.15) is 13.2 Å². The number of carbonyl (C=O) groups is 1. The van der Waals surface area contributed by atoms with Gasteiger partial charge in [-0.25, -0.2) is 0 Å². The van der Waals surface area contributed by atoms with Crippen molar-refractivity contribution in [1.29, 1.82) is 0 Å². The Morgan fingerprint density at radius 2 is 1.75 bits per heavy atom. The number of carbonyl (C=O) groups excluding carboxylic acids is 1. The van der Waals surface area contributed by atoms with Crippen molar-refractivity contribution in [3.05, 3.63) is 35.9 Å². The van der Waals surface area contributed by atoms with Crippen molar-refractivity contribution in [1.82, 2.24) is 4.90 Å². The van der Waals surface area contributed by atoms with Gasteiger partial charge >= 0.3 is 12.1 Å². The summed E-state index contributed by atoms with van der Waals surface area (Å²) in [6.45, 7) is 0.448. The maximum absolute atomic E-state index is 12.4. The SMILES string of the molecule is O=C(N1CCC2(CC1)CC2c1ccccc1)C(F)(F)F. The lowest BCUT2D eigenvalue weighted by atomic mass is 9.88. The molecule has 1 amide bonds. The van der Waals surface area contributed by atoms with Gasteiger partial charge in [0.05, 0.1) is 0 Å². The van der Waals surface area contributed by atoms with E-state index in [1.165, 1.54) is 5.56 Å². The molecule has 1 unspecified atom stereocenters. The summed E-state index contributed by atoms with van der Waals surface area (Å²) in [6.07, 6.45) is -2.36. The maximum Gasteiger partial charge on any atom is 0.471 e. The monoisotopic (exact) mass is 283 g/mol. The van der Waals surface area contributed by atoms with Gasteiger partial charge < -0.3 is 4.90 Å². The molecular weight excluding hydrogens is 267 g/mol. The standard InChI is InChI=1S/C15H16F3NO/c16-15(17,18)13(20)19-8-6-14(7-9-19)10-12(14)11-4-2-1-3-5-11/h1-5,12H,6-10H2. The first kappa shape index (κ1) is 13.5. The third-order valence-corrected chi connectivity index (χ3v) is 4.68. The number of likely N-dealkylation sites (tertiary alicyclic amines) is 1. The van der Waals surface area contributed by atoms with Crippen molar-refractivity contribution in [2.75, 3.05) is 13.1 Å². The zero-order valence-electron chi connectivity index (χ0n) is 11.0. The van der Waals surface area contributed by atoms with Gasteiger partial charge in [0.1, 0.15) is 0 Å². The summed E-state index contributed by atoms with van der Waals surface area (Å²) in [5.41, 5.74) is 1.40. The predicted octanol–water partition coefficient (Wildman–Crippen LogP) is 3.35. The number of hydrogen-bond acceptors (Lipinski definition) is 1. The molecule has 1 saturated carbocycles. The predicted molar refractivity (Wildman–Crippen MR) is 68.1 cm³/mol. The average Bonchev–Trinajstić information content (AvgIpc) is 3.13. The lowest BCUT2D eigenvalue weighted by Gasteiger charge is -2.33. The van der Waals surface area contributed by atoms with Crippen LogP contribution in [0, 0.1) is 5.41 Å². The topological polar surface area (TPSA) is 20.3 Å². The van der Waals surface area contributed by atoms with E-state index in [-0.39, 0.29) is 18.5 Å². The van der Waals surface area contributed by atoms with E-state index in [1.54, 1.807) is 0 Å². The molecule has 1 aliphatic heterocycles. The highest BCUT2D eigenvalue weighted by Gasteiger charge is 2.56. The maximum atomic E-state index is 12.4. The Morgan fingerprint density at radius 3 is 2.30 bits per heavy atom. The number of piperidine rings is 1. The summed E-state index contributed by atoms with van der Waals surface area (Å²) in [7, 11) is 0. The molecule has 1 aromatic carbocycles. The number of benzene rings is 1. The fourth-order valence-corrected chi connectivity index (χ4v) is 3.39. The molecule has 108 valence electrons. The fraction of sp³-hybridized carbons (Fsp3) is 0.533. The van der Waals surface area contributed by atoms with Crippen LogP contribution in [0.4, 0.5) is 13.2 Å². The van der Waals surface area contributed by atoms with Crippen LogP contribution in [0.3, 0.4) is 0 Å². The first-order valence-electron chi connectivity index (χ1n) is 6.83. The zero-order valence-corrected chi connectivity index (χ0v) is 11.0. The Bertz CT molecular complexity index is 504. The minimum absolute atomic E-state index is 0.129. The number of halogens is 3. The van der Waals surface area contributed by atoms with Gasteiger partial charge in [-0.05, 0) is 36.2 Å². The lowest BCUT2D eigenvalue weighted by Crippen LogP contribution is -2.45. The van der Waals surface area contributed by atoms with Gasteiger partial charge in [-0.3, -0.25) is 4.79 Å². The van der Waals surface area contributed by atoms with Crippen molar-refractivity contribution in [3.8, 4) is 0 Å². The lowest BCUT2D eigenvalue weighted by molar-refractivity contribution is -0.186. The Kier molecular flexibility index (Phi) is 3.03. The van der Waals surface area contributed by atoms with Crippen molar-refractivity contribution in [2.24, 2.45) is 5.41 Å². The Balaban J connectivity index is 1.62. The summed E-state index contributed by atoms with van der Waals surface area (Å²) >= 11 is 0. The zero-order chi connectivity index (χ0) is 14.4. The fourth-order valence-electron chi connectivity index (χ4n) is 3.39. The average molecular weight is 283 g/mol. The van der Waals surface area contributed by atoms with E-state index in [2.05, 4.69) is 12.1 Å². The van der Waals surface area contributed by atoms with E-state index >= 15 is 0 Å². The first-order valence-corrected chi connectivity index (χ1v) is 6.83. The molecule has 20 heavy (non-hydrogen) atoms. The van der Waals surface area contributed by atoms with E-state index < -0.39 is 12.1 Å². The Morgan fingerprint density at radius 1 is 1.15 bits per heavy atom. The molecule has 0 radical (unpaired) electrons. The number of nitrogens with zero attached hydrogens (tertiary/aromatic N) is 1. The highest BCUT2D eigenvalue weighted by molar-refractivity contribution is 5.82. The Labute approximate surface area is 115 Å². The number of hydrogen-bond donors (Lipinski definition) is 0. The molecule has 1 saturated heterocycles. The number of amides is 1.